The summed E-state index contributed by atoms with van der Waals surface area (Å²) in [7, 11) is -3.92. The third-order valence-electron chi connectivity index (χ3n) is 5.16. The Hall–Kier alpha value is -2.52. The summed E-state index contributed by atoms with van der Waals surface area (Å²) in [5.41, 5.74) is 1.39. The van der Waals surface area contributed by atoms with Crippen molar-refractivity contribution < 1.29 is 22.7 Å². The van der Waals surface area contributed by atoms with E-state index in [1.54, 1.807) is 53.1 Å². The van der Waals surface area contributed by atoms with Crippen molar-refractivity contribution in [1.29, 1.82) is 0 Å². The number of ether oxygens (including phenoxy) is 1. The lowest BCUT2D eigenvalue weighted by Gasteiger charge is -2.31. The summed E-state index contributed by atoms with van der Waals surface area (Å²) in [6.45, 7) is 3.83. The van der Waals surface area contributed by atoms with Crippen LogP contribution in [0.25, 0.3) is 0 Å². The highest BCUT2D eigenvalue weighted by Crippen LogP contribution is 2.39. The summed E-state index contributed by atoms with van der Waals surface area (Å²) >= 11 is 1.62. The van der Waals surface area contributed by atoms with Gasteiger partial charge in [-0.1, -0.05) is 0 Å². The van der Waals surface area contributed by atoms with Crippen LogP contribution in [0.15, 0.2) is 46.2 Å². The van der Waals surface area contributed by atoms with Gasteiger partial charge in [0, 0.05) is 23.9 Å². The highest BCUT2D eigenvalue weighted by molar-refractivity contribution is 7.99. The number of carbonyl (C=O) groups is 2. The Morgan fingerprint density at radius 2 is 1.83 bits per heavy atom. The fraction of sp³-hybridized carbons (Fsp3) is 0.333. The van der Waals surface area contributed by atoms with Crippen LogP contribution >= 0.6 is 11.8 Å². The number of carbonyl (C=O) groups excluding carboxylic acids is 2. The van der Waals surface area contributed by atoms with Gasteiger partial charge in [0.1, 0.15) is 12.4 Å². The summed E-state index contributed by atoms with van der Waals surface area (Å²) in [6.07, 6.45) is 0.839. The van der Waals surface area contributed by atoms with E-state index < -0.39 is 10.0 Å². The molecule has 4 rings (SSSR count). The molecule has 0 saturated carbocycles. The first-order valence-electron chi connectivity index (χ1n) is 9.64. The average Bonchev–Trinajstić information content (AvgIpc) is 2.94. The molecular weight excluding hydrogens is 424 g/mol. The van der Waals surface area contributed by atoms with Crippen molar-refractivity contribution in [3.05, 3.63) is 42.0 Å². The first-order valence-corrected chi connectivity index (χ1v) is 12.1. The molecule has 2 aromatic carbocycles. The third-order valence-corrected chi connectivity index (χ3v) is 8.12. The number of rotatable bonds is 3. The lowest BCUT2D eigenvalue weighted by atomic mass is 10.1. The number of sulfonamides is 1. The van der Waals surface area contributed by atoms with E-state index in [9.17, 15) is 18.0 Å². The van der Waals surface area contributed by atoms with Gasteiger partial charge in [0.2, 0.25) is 5.91 Å². The second-order valence-electron chi connectivity index (χ2n) is 7.17. The van der Waals surface area contributed by atoms with Crippen LogP contribution in [0.5, 0.6) is 5.75 Å². The molecule has 2 aromatic rings. The Morgan fingerprint density at radius 1 is 1.03 bits per heavy atom. The molecule has 0 atom stereocenters. The third kappa shape index (κ3) is 3.67. The van der Waals surface area contributed by atoms with E-state index >= 15 is 0 Å². The van der Waals surface area contributed by atoms with Crippen LogP contribution in [0.3, 0.4) is 0 Å². The van der Waals surface area contributed by atoms with Gasteiger partial charge in [-0.25, -0.2) is 8.42 Å². The summed E-state index contributed by atoms with van der Waals surface area (Å²) in [5, 5.41) is 0. The number of fused-ring (bicyclic) bond motifs is 2. The van der Waals surface area contributed by atoms with Crippen LogP contribution in [-0.4, -0.2) is 45.6 Å². The number of hydrogen-bond donors (Lipinski definition) is 0. The van der Waals surface area contributed by atoms with Gasteiger partial charge >= 0.3 is 0 Å². The topological polar surface area (TPSA) is 84.0 Å². The number of hydrogen-bond acceptors (Lipinski definition) is 6. The molecule has 7 nitrogen and oxygen atoms in total. The van der Waals surface area contributed by atoms with Crippen molar-refractivity contribution in [2.45, 2.75) is 30.1 Å². The van der Waals surface area contributed by atoms with Crippen LogP contribution < -0.4 is 13.9 Å². The SMILES string of the molecule is CC(=O)c1ccc2c(c1)N(S(=O)(=O)c1ccc3c(c1)N(C(C)=O)CCCS3)CCO2. The molecule has 2 heterocycles. The molecule has 30 heavy (non-hydrogen) atoms. The van der Waals surface area contributed by atoms with Crippen molar-refractivity contribution in [1.82, 2.24) is 0 Å². The molecule has 9 heteroatoms. The summed E-state index contributed by atoms with van der Waals surface area (Å²) in [4.78, 5) is 26.6. The highest BCUT2D eigenvalue weighted by Gasteiger charge is 2.32. The average molecular weight is 447 g/mol. The number of nitrogens with zero attached hydrogens (tertiary/aromatic N) is 2. The minimum atomic E-state index is -3.92. The van der Waals surface area contributed by atoms with E-state index in [1.165, 1.54) is 18.2 Å². The van der Waals surface area contributed by atoms with Crippen molar-refractivity contribution >= 4 is 44.9 Å². The maximum absolute atomic E-state index is 13.6. The van der Waals surface area contributed by atoms with E-state index in [4.69, 9.17) is 4.74 Å². The van der Waals surface area contributed by atoms with Crippen LogP contribution in [0, 0.1) is 0 Å². The minimum Gasteiger partial charge on any atom is -0.489 e. The molecule has 0 unspecified atom stereocenters. The Balaban J connectivity index is 1.80. The number of ketones is 1. The second-order valence-corrected chi connectivity index (χ2v) is 10.2. The summed E-state index contributed by atoms with van der Waals surface area (Å²) in [6, 6.07) is 9.72. The first kappa shape index (κ1) is 20.7. The number of Topliss-reactive ketones (excluding diaryl/α,β-unsaturated/α-hetero) is 1. The number of benzene rings is 2. The molecule has 0 aromatic heterocycles. The normalized spacial score (nSPS) is 16.2. The van der Waals surface area contributed by atoms with Crippen molar-refractivity contribution in [3.63, 3.8) is 0 Å². The van der Waals surface area contributed by atoms with Gasteiger partial charge in [0.05, 0.1) is 22.8 Å². The molecule has 2 aliphatic rings. The molecule has 1 amide bonds. The molecule has 158 valence electrons. The molecular formula is C21H22N2O5S2. The molecule has 0 saturated heterocycles. The lowest BCUT2D eigenvalue weighted by molar-refractivity contribution is -0.116. The molecule has 0 fully saturated rings. The first-order chi connectivity index (χ1) is 14.3. The van der Waals surface area contributed by atoms with E-state index in [0.717, 1.165) is 17.1 Å². The predicted molar refractivity (Wildman–Crippen MR) is 116 cm³/mol. The number of thioether (sulfide) groups is 1. The van der Waals surface area contributed by atoms with Gasteiger partial charge in [0.15, 0.2) is 5.78 Å². The molecule has 0 N–H and O–H groups in total. The van der Waals surface area contributed by atoms with Gasteiger partial charge in [-0.2, -0.15) is 0 Å². The van der Waals surface area contributed by atoms with Crippen molar-refractivity contribution in [2.75, 3.05) is 34.7 Å². The van der Waals surface area contributed by atoms with Gasteiger partial charge in [-0.15, -0.1) is 11.8 Å². The maximum Gasteiger partial charge on any atom is 0.264 e. The van der Waals surface area contributed by atoms with E-state index in [1.807, 2.05) is 0 Å². The van der Waals surface area contributed by atoms with E-state index in [-0.39, 0.29) is 29.7 Å². The van der Waals surface area contributed by atoms with Crippen LogP contribution in [0.2, 0.25) is 0 Å². The zero-order valence-corrected chi connectivity index (χ0v) is 18.4. The monoisotopic (exact) mass is 446 g/mol. The predicted octanol–water partition coefficient (Wildman–Crippen LogP) is 3.33. The smallest absolute Gasteiger partial charge is 0.264 e. The largest absolute Gasteiger partial charge is 0.489 e. The number of amides is 1. The quantitative estimate of drug-likeness (QED) is 0.673. The van der Waals surface area contributed by atoms with Crippen LogP contribution in [0.1, 0.15) is 30.6 Å². The minimum absolute atomic E-state index is 0.107. The van der Waals surface area contributed by atoms with E-state index in [2.05, 4.69) is 0 Å². The Labute approximate surface area is 180 Å². The standard InChI is InChI=1S/C21H22N2O5S2/c1-14(24)16-4-6-20-18(12-16)23(9-10-28-20)30(26,27)17-5-7-21-19(13-17)22(15(2)25)8-3-11-29-21/h4-7,12-13H,3,8-11H2,1-2H3. The Kier molecular flexibility index (Phi) is 5.50. The van der Waals surface area contributed by atoms with Crippen LogP contribution in [-0.2, 0) is 14.8 Å². The molecule has 0 aliphatic carbocycles. The van der Waals surface area contributed by atoms with Gasteiger partial charge in [-0.05, 0) is 55.5 Å². The van der Waals surface area contributed by atoms with Gasteiger partial charge in [0.25, 0.3) is 10.0 Å². The highest BCUT2D eigenvalue weighted by atomic mass is 32.2. The second kappa shape index (κ2) is 7.96. The van der Waals surface area contributed by atoms with Crippen LogP contribution in [0.4, 0.5) is 11.4 Å². The van der Waals surface area contributed by atoms with Crippen molar-refractivity contribution in [2.24, 2.45) is 0 Å². The fourth-order valence-electron chi connectivity index (χ4n) is 3.63. The Morgan fingerprint density at radius 3 is 2.57 bits per heavy atom. The van der Waals surface area contributed by atoms with E-state index in [0.29, 0.717) is 29.2 Å². The molecule has 0 radical (unpaired) electrons. The zero-order chi connectivity index (χ0) is 21.5. The molecule has 0 bridgehead atoms. The van der Waals surface area contributed by atoms with Gasteiger partial charge < -0.3 is 9.64 Å². The molecule has 0 spiro atoms. The lowest BCUT2D eigenvalue weighted by Crippen LogP contribution is -2.38. The Bertz CT molecular complexity index is 1130. The maximum atomic E-state index is 13.6. The zero-order valence-electron chi connectivity index (χ0n) is 16.8. The molecule has 2 aliphatic heterocycles. The summed E-state index contributed by atoms with van der Waals surface area (Å²) in [5.74, 6) is 1.02. The number of anilines is 2. The van der Waals surface area contributed by atoms with Gasteiger partial charge in [-0.3, -0.25) is 13.9 Å². The summed E-state index contributed by atoms with van der Waals surface area (Å²) < 4.78 is 34.0. The fourth-order valence-corrected chi connectivity index (χ4v) is 6.08. The van der Waals surface area contributed by atoms with Crippen molar-refractivity contribution in [3.8, 4) is 5.75 Å².